The highest BCUT2D eigenvalue weighted by Gasteiger charge is 2.39. The Morgan fingerprint density at radius 3 is 2.57 bits per heavy atom. The fraction of sp³-hybridized carbons (Fsp3) is 0.526. The van der Waals surface area contributed by atoms with Gasteiger partial charge in [0.1, 0.15) is 6.61 Å². The van der Waals surface area contributed by atoms with Crippen molar-refractivity contribution >= 4 is 29.1 Å². The van der Waals surface area contributed by atoms with Gasteiger partial charge >= 0.3 is 6.18 Å². The summed E-state index contributed by atoms with van der Waals surface area (Å²) in [5, 5.41) is 2.19. The van der Waals surface area contributed by atoms with Gasteiger partial charge < -0.3 is 20.7 Å². The molecule has 2 aliphatic rings. The SMILES string of the molecule is CN(C1CCC1)[C@@H](C(N)=O)C(=O)Nc1ccc(N2CCOCC2=O)cc1C(F)(F)F. The molecule has 0 unspecified atom stereocenters. The summed E-state index contributed by atoms with van der Waals surface area (Å²) >= 11 is 0. The molecule has 0 spiro atoms. The molecular weight excluding hydrogens is 405 g/mol. The van der Waals surface area contributed by atoms with Crippen molar-refractivity contribution in [2.75, 3.05) is 37.0 Å². The number of nitrogens with two attached hydrogens (primary N) is 1. The summed E-state index contributed by atoms with van der Waals surface area (Å²) in [6.07, 6.45) is -2.29. The normalized spacial score (nSPS) is 18.8. The van der Waals surface area contributed by atoms with Crippen LogP contribution in [0.25, 0.3) is 0 Å². The van der Waals surface area contributed by atoms with Gasteiger partial charge in [0, 0.05) is 18.3 Å². The van der Waals surface area contributed by atoms with E-state index in [1.165, 1.54) is 15.9 Å². The molecule has 2 fully saturated rings. The Hall–Kier alpha value is -2.66. The molecule has 0 radical (unpaired) electrons. The van der Waals surface area contributed by atoms with Crippen LogP contribution in [-0.4, -0.2) is 61.5 Å². The molecule has 1 aliphatic heterocycles. The summed E-state index contributed by atoms with van der Waals surface area (Å²) < 4.78 is 46.0. The van der Waals surface area contributed by atoms with Crippen LogP contribution in [0.3, 0.4) is 0 Å². The van der Waals surface area contributed by atoms with Crippen LogP contribution in [0.15, 0.2) is 18.2 Å². The highest BCUT2D eigenvalue weighted by molar-refractivity contribution is 6.10. The van der Waals surface area contributed by atoms with Gasteiger partial charge in [-0.05, 0) is 38.1 Å². The minimum absolute atomic E-state index is 0.0231. The molecule has 3 rings (SSSR count). The molecule has 1 aromatic rings. The maximum absolute atomic E-state index is 13.7. The Morgan fingerprint density at radius 1 is 1.33 bits per heavy atom. The van der Waals surface area contributed by atoms with Crippen molar-refractivity contribution in [3.8, 4) is 0 Å². The number of likely N-dealkylation sites (N-methyl/N-ethyl adjacent to an activating group) is 1. The van der Waals surface area contributed by atoms with Gasteiger partial charge in [0.2, 0.25) is 5.91 Å². The van der Waals surface area contributed by atoms with Crippen LogP contribution in [0.2, 0.25) is 0 Å². The van der Waals surface area contributed by atoms with Gasteiger partial charge in [-0.15, -0.1) is 0 Å². The molecule has 1 aliphatic carbocycles. The lowest BCUT2D eigenvalue weighted by Gasteiger charge is -2.38. The topological polar surface area (TPSA) is 105 Å². The second kappa shape index (κ2) is 8.60. The number of carbonyl (C=O) groups excluding carboxylic acids is 3. The quantitative estimate of drug-likeness (QED) is 0.666. The number of primary amides is 1. The number of halogens is 3. The lowest BCUT2D eigenvalue weighted by Crippen LogP contribution is -2.55. The number of anilines is 2. The van der Waals surface area contributed by atoms with E-state index in [9.17, 15) is 27.6 Å². The van der Waals surface area contributed by atoms with Crippen LogP contribution < -0.4 is 16.0 Å². The number of carbonyl (C=O) groups is 3. The number of nitrogens with one attached hydrogen (secondary N) is 1. The Labute approximate surface area is 171 Å². The number of amides is 3. The zero-order valence-electron chi connectivity index (χ0n) is 16.4. The number of hydrogen-bond acceptors (Lipinski definition) is 5. The Kier molecular flexibility index (Phi) is 6.32. The largest absolute Gasteiger partial charge is 0.418 e. The van der Waals surface area contributed by atoms with E-state index >= 15 is 0 Å². The van der Waals surface area contributed by atoms with Gasteiger partial charge in [0.05, 0.1) is 17.9 Å². The summed E-state index contributed by atoms with van der Waals surface area (Å²) in [4.78, 5) is 39.1. The second-order valence-electron chi connectivity index (χ2n) is 7.37. The molecule has 0 aromatic heterocycles. The predicted molar refractivity (Wildman–Crippen MR) is 102 cm³/mol. The van der Waals surface area contributed by atoms with E-state index in [4.69, 9.17) is 10.5 Å². The van der Waals surface area contributed by atoms with E-state index in [2.05, 4.69) is 5.32 Å². The van der Waals surface area contributed by atoms with E-state index < -0.39 is 41.2 Å². The van der Waals surface area contributed by atoms with Crippen LogP contribution in [0.5, 0.6) is 0 Å². The van der Waals surface area contributed by atoms with E-state index in [1.807, 2.05) is 0 Å². The summed E-state index contributed by atoms with van der Waals surface area (Å²) in [7, 11) is 1.55. The number of hydrogen-bond donors (Lipinski definition) is 2. The van der Waals surface area contributed by atoms with Gasteiger partial charge in [-0.25, -0.2) is 0 Å². The van der Waals surface area contributed by atoms with Gasteiger partial charge in [-0.1, -0.05) is 6.42 Å². The molecule has 1 heterocycles. The molecule has 0 bridgehead atoms. The molecular formula is C19H23F3N4O4. The monoisotopic (exact) mass is 428 g/mol. The van der Waals surface area contributed by atoms with Crippen molar-refractivity contribution in [1.29, 1.82) is 0 Å². The third-order valence-corrected chi connectivity index (χ3v) is 5.44. The maximum Gasteiger partial charge on any atom is 0.418 e. The molecule has 1 saturated heterocycles. The first kappa shape index (κ1) is 22.0. The van der Waals surface area contributed by atoms with E-state index in [-0.39, 0.29) is 31.5 Å². The third-order valence-electron chi connectivity index (χ3n) is 5.44. The molecule has 30 heavy (non-hydrogen) atoms. The first-order chi connectivity index (χ1) is 14.1. The molecule has 1 atom stereocenters. The number of rotatable bonds is 6. The van der Waals surface area contributed by atoms with Crippen molar-refractivity contribution in [2.24, 2.45) is 5.73 Å². The zero-order chi connectivity index (χ0) is 22.1. The van der Waals surface area contributed by atoms with Crippen molar-refractivity contribution in [3.63, 3.8) is 0 Å². The number of alkyl halides is 3. The Balaban J connectivity index is 1.87. The maximum atomic E-state index is 13.7. The van der Waals surface area contributed by atoms with Gasteiger partial charge in [0.15, 0.2) is 6.04 Å². The van der Waals surface area contributed by atoms with Gasteiger partial charge in [0.25, 0.3) is 11.8 Å². The van der Waals surface area contributed by atoms with E-state index in [0.29, 0.717) is 0 Å². The van der Waals surface area contributed by atoms with Crippen LogP contribution in [-0.2, 0) is 25.3 Å². The number of benzene rings is 1. The minimum atomic E-state index is -4.80. The lowest BCUT2D eigenvalue weighted by atomic mass is 9.90. The fourth-order valence-electron chi connectivity index (χ4n) is 3.56. The van der Waals surface area contributed by atoms with Crippen LogP contribution in [0, 0.1) is 0 Å². The second-order valence-corrected chi connectivity index (χ2v) is 7.37. The molecule has 164 valence electrons. The van der Waals surface area contributed by atoms with Gasteiger partial charge in [-0.2, -0.15) is 13.2 Å². The van der Waals surface area contributed by atoms with E-state index in [1.54, 1.807) is 7.05 Å². The first-order valence-electron chi connectivity index (χ1n) is 9.51. The fourth-order valence-corrected chi connectivity index (χ4v) is 3.56. The van der Waals surface area contributed by atoms with Crippen molar-refractivity contribution in [2.45, 2.75) is 37.5 Å². The third kappa shape index (κ3) is 4.57. The Bertz CT molecular complexity index is 842. The molecule has 1 saturated carbocycles. The standard InChI is InChI=1S/C19H23F3N4O4/c1-25(11-3-2-4-11)16(17(23)28)18(29)24-14-6-5-12(9-13(14)19(20,21)22)26-7-8-30-10-15(26)27/h5-6,9,11,16H,2-4,7-8,10H2,1H3,(H2,23,28)(H,24,29)/t16-/m0/s1. The van der Waals surface area contributed by atoms with Gasteiger partial charge in [-0.3, -0.25) is 19.3 Å². The number of nitrogens with zero attached hydrogens (tertiary/aromatic N) is 2. The van der Waals surface area contributed by atoms with Crippen molar-refractivity contribution in [3.05, 3.63) is 23.8 Å². The Morgan fingerprint density at radius 2 is 2.03 bits per heavy atom. The van der Waals surface area contributed by atoms with Crippen LogP contribution in [0.1, 0.15) is 24.8 Å². The summed E-state index contributed by atoms with van der Waals surface area (Å²) in [5.74, 6) is -2.33. The van der Waals surface area contributed by atoms with Crippen LogP contribution >= 0.6 is 0 Å². The molecule has 8 nitrogen and oxygen atoms in total. The highest BCUT2D eigenvalue weighted by atomic mass is 19.4. The summed E-state index contributed by atoms with van der Waals surface area (Å²) in [5.41, 5.74) is 3.77. The zero-order valence-corrected chi connectivity index (χ0v) is 16.4. The van der Waals surface area contributed by atoms with Crippen LogP contribution in [0.4, 0.5) is 24.5 Å². The molecule has 11 heteroatoms. The number of ether oxygens (including phenoxy) is 1. The summed E-state index contributed by atoms with van der Waals surface area (Å²) in [6, 6.07) is 1.76. The average Bonchev–Trinajstić information content (AvgIpc) is 2.60. The lowest BCUT2D eigenvalue weighted by molar-refractivity contribution is -0.137. The van der Waals surface area contributed by atoms with E-state index in [0.717, 1.165) is 31.4 Å². The smallest absolute Gasteiger partial charge is 0.370 e. The molecule has 3 amide bonds. The first-order valence-corrected chi connectivity index (χ1v) is 9.51. The summed E-state index contributed by atoms with van der Waals surface area (Å²) in [6.45, 7) is 0.116. The predicted octanol–water partition coefficient (Wildman–Crippen LogP) is 1.35. The molecule has 1 aromatic carbocycles. The minimum Gasteiger partial charge on any atom is -0.370 e. The number of morpholine rings is 1. The average molecular weight is 428 g/mol. The molecule has 3 N–H and O–H groups in total. The van der Waals surface area contributed by atoms with Crippen molar-refractivity contribution < 1.29 is 32.3 Å². The van der Waals surface area contributed by atoms with Crippen molar-refractivity contribution in [1.82, 2.24) is 4.90 Å². The highest BCUT2D eigenvalue weighted by Crippen LogP contribution is 2.38.